The standard InChI is InChI=1S/C15H17N3O3S/c1-9-7-11(18-22-9)13(19)17-10-5-6-16-12(8-10)14(20)21-15(2,3)4/h5-8H,1-4H3,(H,16,17,19). The van der Waals surface area contributed by atoms with Gasteiger partial charge in [0.2, 0.25) is 0 Å². The van der Waals surface area contributed by atoms with Crippen LogP contribution in [0.2, 0.25) is 0 Å². The number of aryl methyl sites for hydroxylation is 1. The molecule has 0 bridgehead atoms. The molecule has 116 valence electrons. The van der Waals surface area contributed by atoms with Crippen molar-refractivity contribution in [2.24, 2.45) is 0 Å². The third kappa shape index (κ3) is 4.36. The summed E-state index contributed by atoms with van der Waals surface area (Å²) in [7, 11) is 0. The van der Waals surface area contributed by atoms with E-state index in [-0.39, 0.29) is 11.6 Å². The van der Waals surface area contributed by atoms with Gasteiger partial charge in [0.25, 0.3) is 5.91 Å². The van der Waals surface area contributed by atoms with Crippen molar-refractivity contribution < 1.29 is 14.3 Å². The van der Waals surface area contributed by atoms with Crippen LogP contribution in [0.3, 0.4) is 0 Å². The molecule has 1 amide bonds. The third-order valence-electron chi connectivity index (χ3n) is 2.49. The van der Waals surface area contributed by atoms with Crippen molar-refractivity contribution in [3.05, 3.63) is 40.7 Å². The van der Waals surface area contributed by atoms with E-state index in [1.54, 1.807) is 32.9 Å². The Morgan fingerprint density at radius 2 is 1.95 bits per heavy atom. The number of nitrogens with one attached hydrogen (secondary N) is 1. The first-order valence-corrected chi connectivity index (χ1v) is 7.46. The third-order valence-corrected chi connectivity index (χ3v) is 3.18. The van der Waals surface area contributed by atoms with Gasteiger partial charge in [-0.3, -0.25) is 4.79 Å². The number of carbonyl (C=O) groups excluding carboxylic acids is 2. The lowest BCUT2D eigenvalue weighted by molar-refractivity contribution is 0.00627. The average molecular weight is 319 g/mol. The zero-order chi connectivity index (χ0) is 16.3. The van der Waals surface area contributed by atoms with Crippen LogP contribution in [0.5, 0.6) is 0 Å². The molecule has 0 aliphatic heterocycles. The van der Waals surface area contributed by atoms with Crippen molar-refractivity contribution in [3.8, 4) is 0 Å². The van der Waals surface area contributed by atoms with Gasteiger partial charge in [-0.15, -0.1) is 0 Å². The highest BCUT2D eigenvalue weighted by Gasteiger charge is 2.19. The molecule has 0 saturated carbocycles. The maximum atomic E-state index is 12.0. The summed E-state index contributed by atoms with van der Waals surface area (Å²) in [5.41, 5.74) is 0.350. The Bertz CT molecular complexity index is 704. The van der Waals surface area contributed by atoms with Crippen molar-refractivity contribution >= 4 is 29.1 Å². The molecule has 0 aliphatic carbocycles. The fourth-order valence-electron chi connectivity index (χ4n) is 1.62. The van der Waals surface area contributed by atoms with Crippen LogP contribution in [0.4, 0.5) is 5.69 Å². The number of hydrogen-bond donors (Lipinski definition) is 1. The van der Waals surface area contributed by atoms with Gasteiger partial charge in [-0.1, -0.05) is 0 Å². The quantitative estimate of drug-likeness (QED) is 0.879. The van der Waals surface area contributed by atoms with Crippen molar-refractivity contribution in [1.29, 1.82) is 0 Å². The van der Waals surface area contributed by atoms with Crippen molar-refractivity contribution in [3.63, 3.8) is 0 Å². The average Bonchev–Trinajstić information content (AvgIpc) is 2.84. The number of hydrogen-bond acceptors (Lipinski definition) is 6. The van der Waals surface area contributed by atoms with Crippen LogP contribution in [-0.4, -0.2) is 26.8 Å². The predicted molar refractivity (Wildman–Crippen MR) is 84.2 cm³/mol. The smallest absolute Gasteiger partial charge is 0.357 e. The predicted octanol–water partition coefficient (Wildman–Crippen LogP) is 3.05. The highest BCUT2D eigenvalue weighted by molar-refractivity contribution is 7.05. The second-order valence-electron chi connectivity index (χ2n) is 5.71. The summed E-state index contributed by atoms with van der Waals surface area (Å²) in [6.07, 6.45) is 1.45. The van der Waals surface area contributed by atoms with E-state index in [2.05, 4.69) is 14.7 Å². The minimum atomic E-state index is -0.601. The van der Waals surface area contributed by atoms with Crippen LogP contribution >= 0.6 is 11.5 Å². The first-order chi connectivity index (χ1) is 10.2. The molecular formula is C15H17N3O3S. The highest BCUT2D eigenvalue weighted by Crippen LogP contribution is 2.15. The van der Waals surface area contributed by atoms with Gasteiger partial charge in [0.05, 0.1) is 0 Å². The zero-order valence-electron chi connectivity index (χ0n) is 12.8. The minimum Gasteiger partial charge on any atom is -0.455 e. The van der Waals surface area contributed by atoms with E-state index in [1.165, 1.54) is 23.8 Å². The van der Waals surface area contributed by atoms with Gasteiger partial charge in [-0.25, -0.2) is 9.78 Å². The summed E-state index contributed by atoms with van der Waals surface area (Å²) in [5, 5.41) is 2.69. The Hall–Kier alpha value is -2.28. The number of amides is 1. The van der Waals surface area contributed by atoms with Crippen LogP contribution in [0.1, 0.15) is 46.6 Å². The maximum Gasteiger partial charge on any atom is 0.357 e. The number of pyridine rings is 1. The molecule has 7 heteroatoms. The first kappa shape index (κ1) is 16.1. The molecule has 6 nitrogen and oxygen atoms in total. The molecule has 2 aromatic heterocycles. The van der Waals surface area contributed by atoms with E-state index in [9.17, 15) is 9.59 Å². The van der Waals surface area contributed by atoms with Crippen LogP contribution in [0.15, 0.2) is 24.4 Å². The van der Waals surface area contributed by atoms with Gasteiger partial charge in [-0.05, 0) is 57.4 Å². The molecule has 0 atom stereocenters. The number of esters is 1. The molecule has 0 aromatic carbocycles. The van der Waals surface area contributed by atoms with Crippen LogP contribution < -0.4 is 5.32 Å². The SMILES string of the molecule is Cc1cc(C(=O)Nc2ccnc(C(=O)OC(C)(C)C)c2)ns1. The van der Waals surface area contributed by atoms with Gasteiger partial charge in [0, 0.05) is 16.8 Å². The molecule has 0 saturated heterocycles. The highest BCUT2D eigenvalue weighted by atomic mass is 32.1. The minimum absolute atomic E-state index is 0.141. The van der Waals surface area contributed by atoms with Gasteiger partial charge >= 0.3 is 5.97 Å². The molecular weight excluding hydrogens is 302 g/mol. The monoisotopic (exact) mass is 319 g/mol. The lowest BCUT2D eigenvalue weighted by atomic mass is 10.2. The van der Waals surface area contributed by atoms with E-state index in [1.807, 2.05) is 6.92 Å². The summed E-state index contributed by atoms with van der Waals surface area (Å²) in [6.45, 7) is 7.21. The normalized spacial score (nSPS) is 11.1. The number of rotatable bonds is 3. The molecule has 1 N–H and O–H groups in total. The van der Waals surface area contributed by atoms with E-state index in [0.29, 0.717) is 11.4 Å². The Morgan fingerprint density at radius 3 is 2.55 bits per heavy atom. The maximum absolute atomic E-state index is 12.0. The summed E-state index contributed by atoms with van der Waals surface area (Å²) in [6, 6.07) is 4.78. The molecule has 0 aliphatic rings. The largest absolute Gasteiger partial charge is 0.455 e. The fourth-order valence-corrected chi connectivity index (χ4v) is 2.16. The van der Waals surface area contributed by atoms with Crippen molar-refractivity contribution in [2.45, 2.75) is 33.3 Å². The van der Waals surface area contributed by atoms with E-state index < -0.39 is 11.6 Å². The second-order valence-corrected chi connectivity index (χ2v) is 6.72. The summed E-state index contributed by atoms with van der Waals surface area (Å²) in [4.78, 5) is 28.9. The van der Waals surface area contributed by atoms with E-state index >= 15 is 0 Å². The molecule has 0 fully saturated rings. The molecule has 0 spiro atoms. The first-order valence-electron chi connectivity index (χ1n) is 6.69. The summed E-state index contributed by atoms with van der Waals surface area (Å²) < 4.78 is 9.29. The van der Waals surface area contributed by atoms with E-state index in [4.69, 9.17) is 4.74 Å². The molecule has 0 radical (unpaired) electrons. The summed E-state index contributed by atoms with van der Waals surface area (Å²) >= 11 is 1.26. The second kappa shape index (κ2) is 6.23. The van der Waals surface area contributed by atoms with Crippen LogP contribution in [-0.2, 0) is 4.74 Å². The summed E-state index contributed by atoms with van der Waals surface area (Å²) in [5.74, 6) is -0.862. The number of aromatic nitrogens is 2. The topological polar surface area (TPSA) is 81.2 Å². The molecule has 2 aromatic rings. The van der Waals surface area contributed by atoms with Crippen molar-refractivity contribution in [2.75, 3.05) is 5.32 Å². The van der Waals surface area contributed by atoms with Crippen molar-refractivity contribution in [1.82, 2.24) is 9.36 Å². The van der Waals surface area contributed by atoms with Crippen LogP contribution in [0, 0.1) is 6.92 Å². The molecule has 0 unspecified atom stereocenters. The molecule has 2 heterocycles. The van der Waals surface area contributed by atoms with Gasteiger partial charge in [-0.2, -0.15) is 4.37 Å². The number of anilines is 1. The van der Waals surface area contributed by atoms with Gasteiger partial charge in [0.15, 0.2) is 0 Å². The number of nitrogens with zero attached hydrogens (tertiary/aromatic N) is 2. The van der Waals surface area contributed by atoms with E-state index in [0.717, 1.165) is 4.88 Å². The molecule has 2 rings (SSSR count). The van der Waals surface area contributed by atoms with Gasteiger partial charge < -0.3 is 10.1 Å². The Balaban J connectivity index is 2.11. The lowest BCUT2D eigenvalue weighted by Gasteiger charge is -2.19. The number of carbonyl (C=O) groups is 2. The lowest BCUT2D eigenvalue weighted by Crippen LogP contribution is -2.24. The Labute approximate surface area is 132 Å². The fraction of sp³-hybridized carbons (Fsp3) is 0.333. The number of ether oxygens (including phenoxy) is 1. The van der Waals surface area contributed by atoms with Crippen LogP contribution in [0.25, 0.3) is 0 Å². The zero-order valence-corrected chi connectivity index (χ0v) is 13.7. The molecule has 22 heavy (non-hydrogen) atoms. The Morgan fingerprint density at radius 1 is 1.23 bits per heavy atom. The van der Waals surface area contributed by atoms with Gasteiger partial charge in [0.1, 0.15) is 17.0 Å². The Kier molecular flexibility index (Phi) is 4.56.